The summed E-state index contributed by atoms with van der Waals surface area (Å²) in [5, 5.41) is 8.30. The highest BCUT2D eigenvalue weighted by molar-refractivity contribution is 6.06. The molecule has 0 radical (unpaired) electrons. The maximum absolute atomic E-state index is 13.7. The van der Waals surface area contributed by atoms with E-state index in [1.54, 1.807) is 22.0 Å². The molecule has 2 fully saturated rings. The first-order valence-electron chi connectivity index (χ1n) is 12.9. The van der Waals surface area contributed by atoms with Gasteiger partial charge in [-0.3, -0.25) is 19.1 Å². The Morgan fingerprint density at radius 1 is 1.11 bits per heavy atom. The van der Waals surface area contributed by atoms with Crippen LogP contribution in [0.15, 0.2) is 30.6 Å². The second-order valence-corrected chi connectivity index (χ2v) is 11.2. The van der Waals surface area contributed by atoms with Gasteiger partial charge in [-0.2, -0.15) is 5.10 Å². The van der Waals surface area contributed by atoms with Crippen molar-refractivity contribution in [1.29, 1.82) is 0 Å². The number of amides is 2. The minimum absolute atomic E-state index is 0.0134. The number of aryl methyl sites for hydroxylation is 1. The van der Waals surface area contributed by atoms with Gasteiger partial charge in [0.05, 0.1) is 5.52 Å². The van der Waals surface area contributed by atoms with E-state index in [2.05, 4.69) is 41.2 Å². The molecule has 0 spiro atoms. The fraction of sp³-hybridized carbons (Fsp3) is 0.500. The second kappa shape index (κ2) is 9.04. The van der Waals surface area contributed by atoms with Crippen molar-refractivity contribution in [2.24, 2.45) is 11.3 Å². The fourth-order valence-electron chi connectivity index (χ4n) is 5.34. The van der Waals surface area contributed by atoms with Gasteiger partial charge >= 0.3 is 0 Å². The third kappa shape index (κ3) is 4.51. The van der Waals surface area contributed by atoms with Crippen LogP contribution in [0.3, 0.4) is 0 Å². The van der Waals surface area contributed by atoms with Crippen LogP contribution < -0.4 is 5.32 Å². The third-order valence-corrected chi connectivity index (χ3v) is 8.08. The van der Waals surface area contributed by atoms with Crippen molar-refractivity contribution in [3.63, 3.8) is 0 Å². The van der Waals surface area contributed by atoms with Crippen molar-refractivity contribution in [1.82, 2.24) is 30.0 Å². The highest BCUT2D eigenvalue weighted by Crippen LogP contribution is 2.59. The average Bonchev–Trinajstić information content (AvgIpc) is 3.22. The largest absolute Gasteiger partial charge is 0.352 e. The fourth-order valence-corrected chi connectivity index (χ4v) is 5.34. The monoisotopic (exact) mass is 502 g/mol. The number of Topliss-reactive ketones (excluding diaryl/α,β-unsaturated/α-hetero) is 1. The smallest absolute Gasteiger partial charge is 0.245 e. The number of fused-ring (bicyclic) bond motifs is 2. The number of rotatable bonds is 7. The molecule has 0 bridgehead atoms. The van der Waals surface area contributed by atoms with Gasteiger partial charge in [0.15, 0.2) is 5.78 Å². The molecule has 9 heteroatoms. The zero-order valence-corrected chi connectivity index (χ0v) is 22.3. The number of aromatic nitrogens is 4. The molecule has 3 heterocycles. The number of likely N-dealkylation sites (tertiary alicyclic amines) is 1. The number of carbonyl (C=O) groups is 3. The summed E-state index contributed by atoms with van der Waals surface area (Å²) in [6.45, 7) is 11.5. The van der Waals surface area contributed by atoms with Gasteiger partial charge in [-0.05, 0) is 55.7 Å². The van der Waals surface area contributed by atoms with E-state index in [0.29, 0.717) is 34.8 Å². The molecular weight excluding hydrogens is 468 g/mol. The van der Waals surface area contributed by atoms with Gasteiger partial charge in [-0.25, -0.2) is 9.97 Å². The van der Waals surface area contributed by atoms with E-state index in [0.717, 1.165) is 17.5 Å². The Morgan fingerprint density at radius 3 is 2.46 bits per heavy atom. The van der Waals surface area contributed by atoms with Crippen LogP contribution >= 0.6 is 0 Å². The Balaban J connectivity index is 1.44. The minimum Gasteiger partial charge on any atom is -0.352 e. The van der Waals surface area contributed by atoms with Gasteiger partial charge in [0.25, 0.3) is 0 Å². The zero-order valence-electron chi connectivity index (χ0n) is 22.3. The van der Waals surface area contributed by atoms with Crippen molar-refractivity contribution in [2.45, 2.75) is 79.1 Å². The van der Waals surface area contributed by atoms with E-state index in [1.807, 2.05) is 32.0 Å². The molecule has 1 aliphatic carbocycles. The Bertz CT molecular complexity index is 1390. The number of nitrogens with zero attached hydrogens (tertiary/aromatic N) is 5. The topological polar surface area (TPSA) is 110 Å². The van der Waals surface area contributed by atoms with Crippen molar-refractivity contribution >= 4 is 28.5 Å². The van der Waals surface area contributed by atoms with Crippen LogP contribution in [0.4, 0.5) is 0 Å². The standard InChI is InChI=1S/C28H34N6O3/c1-15(2)16(3)31-27(37)23-10-28(6)11-24(28)34(23)25(36)14-33-22-8-7-19(20-12-29-18(5)30-13-20)9-21(22)26(32-33)17(4)35/h7-9,12-13,15-16,23-24H,10-11,14H2,1-6H3,(H,31,37)/t16-,23-,24+,28-/m0/s1. The van der Waals surface area contributed by atoms with E-state index in [-0.39, 0.29) is 41.6 Å². The number of piperidine rings is 1. The summed E-state index contributed by atoms with van der Waals surface area (Å²) in [5.74, 6) is 0.558. The molecule has 0 unspecified atom stereocenters. The number of benzene rings is 1. The molecule has 9 nitrogen and oxygen atoms in total. The molecule has 1 saturated carbocycles. The quantitative estimate of drug-likeness (QED) is 0.495. The normalized spacial score (nSPS) is 23.3. The molecule has 1 N–H and O–H groups in total. The lowest BCUT2D eigenvalue weighted by Gasteiger charge is -2.29. The van der Waals surface area contributed by atoms with Crippen LogP contribution in [0.2, 0.25) is 0 Å². The summed E-state index contributed by atoms with van der Waals surface area (Å²) in [4.78, 5) is 49.6. The third-order valence-electron chi connectivity index (χ3n) is 8.08. The highest BCUT2D eigenvalue weighted by atomic mass is 16.2. The highest BCUT2D eigenvalue weighted by Gasteiger charge is 2.64. The molecular formula is C28H34N6O3. The summed E-state index contributed by atoms with van der Waals surface area (Å²) in [7, 11) is 0. The van der Waals surface area contributed by atoms with Gasteiger partial charge in [0, 0.05) is 42.4 Å². The van der Waals surface area contributed by atoms with E-state index < -0.39 is 6.04 Å². The van der Waals surface area contributed by atoms with E-state index in [1.165, 1.54) is 6.92 Å². The van der Waals surface area contributed by atoms with Crippen molar-refractivity contribution in [3.8, 4) is 11.1 Å². The van der Waals surface area contributed by atoms with E-state index >= 15 is 0 Å². The van der Waals surface area contributed by atoms with Crippen molar-refractivity contribution < 1.29 is 14.4 Å². The lowest BCUT2D eigenvalue weighted by atomic mass is 10.0. The number of carbonyl (C=O) groups excluding carboxylic acids is 3. The first kappa shape index (κ1) is 25.0. The van der Waals surface area contributed by atoms with Crippen LogP contribution in [0, 0.1) is 18.3 Å². The molecule has 3 aromatic rings. The van der Waals surface area contributed by atoms with E-state index in [4.69, 9.17) is 0 Å². The SMILES string of the molecule is CC(=O)c1nn(CC(=O)N2[C@H](C(=O)N[C@@H](C)C(C)C)C[C@@]3(C)C[C@@H]23)c2ccc(-c3cnc(C)nc3)cc12. The molecule has 5 rings (SSSR count). The number of nitrogens with one attached hydrogen (secondary N) is 1. The average molecular weight is 503 g/mol. The molecule has 37 heavy (non-hydrogen) atoms. The molecule has 2 aromatic heterocycles. The van der Waals surface area contributed by atoms with Crippen LogP contribution in [0.1, 0.15) is 63.8 Å². The van der Waals surface area contributed by atoms with Gasteiger partial charge in [0.1, 0.15) is 24.1 Å². The Morgan fingerprint density at radius 2 is 1.81 bits per heavy atom. The molecule has 2 amide bonds. The molecule has 194 valence electrons. The molecule has 1 aromatic carbocycles. The zero-order chi connectivity index (χ0) is 26.6. The van der Waals surface area contributed by atoms with Crippen LogP contribution in [0.25, 0.3) is 22.0 Å². The van der Waals surface area contributed by atoms with Crippen molar-refractivity contribution in [2.75, 3.05) is 0 Å². The maximum atomic E-state index is 13.7. The second-order valence-electron chi connectivity index (χ2n) is 11.2. The Labute approximate surface area is 216 Å². The summed E-state index contributed by atoms with van der Waals surface area (Å²) in [5.41, 5.74) is 2.70. The van der Waals surface area contributed by atoms with Gasteiger partial charge in [-0.15, -0.1) is 0 Å². The Kier molecular flexibility index (Phi) is 6.12. The number of hydrogen-bond donors (Lipinski definition) is 1. The molecule has 1 saturated heterocycles. The molecule has 1 aliphatic heterocycles. The minimum atomic E-state index is -0.486. The summed E-state index contributed by atoms with van der Waals surface area (Å²) < 4.78 is 1.59. The van der Waals surface area contributed by atoms with Crippen LogP contribution in [0.5, 0.6) is 0 Å². The predicted molar refractivity (Wildman–Crippen MR) is 140 cm³/mol. The summed E-state index contributed by atoms with van der Waals surface area (Å²) in [6, 6.07) is 5.28. The molecule has 2 aliphatic rings. The van der Waals surface area contributed by atoms with Gasteiger partial charge in [-0.1, -0.05) is 26.8 Å². The van der Waals surface area contributed by atoms with E-state index in [9.17, 15) is 14.4 Å². The lowest BCUT2D eigenvalue weighted by Crippen LogP contribution is -2.51. The first-order valence-corrected chi connectivity index (χ1v) is 12.9. The van der Waals surface area contributed by atoms with Crippen molar-refractivity contribution in [3.05, 3.63) is 42.1 Å². The number of hydrogen-bond acceptors (Lipinski definition) is 6. The molecule has 4 atom stereocenters. The number of ketones is 1. The maximum Gasteiger partial charge on any atom is 0.245 e. The van der Waals surface area contributed by atoms with Gasteiger partial charge in [0.2, 0.25) is 11.8 Å². The summed E-state index contributed by atoms with van der Waals surface area (Å²) >= 11 is 0. The van der Waals surface area contributed by atoms with Crippen LogP contribution in [-0.4, -0.2) is 60.4 Å². The first-order chi connectivity index (χ1) is 17.5. The van der Waals surface area contributed by atoms with Crippen LogP contribution in [-0.2, 0) is 16.1 Å². The predicted octanol–water partition coefficient (Wildman–Crippen LogP) is 3.54. The lowest BCUT2D eigenvalue weighted by molar-refractivity contribution is -0.140. The van der Waals surface area contributed by atoms with Gasteiger partial charge < -0.3 is 10.2 Å². The summed E-state index contributed by atoms with van der Waals surface area (Å²) in [6.07, 6.45) is 5.07. The Hall–Kier alpha value is -3.62.